The van der Waals surface area contributed by atoms with E-state index in [1.807, 2.05) is 61.5 Å². The van der Waals surface area contributed by atoms with Crippen LogP contribution in [0.15, 0.2) is 74.7 Å². The van der Waals surface area contributed by atoms with Gasteiger partial charge in [-0.05, 0) is 43.3 Å². The minimum absolute atomic E-state index is 0.142. The predicted octanol–water partition coefficient (Wildman–Crippen LogP) is 4.58. The van der Waals surface area contributed by atoms with E-state index < -0.39 is 0 Å². The van der Waals surface area contributed by atoms with Crippen LogP contribution in [0.3, 0.4) is 0 Å². The highest BCUT2D eigenvalue weighted by atomic mass is 79.9. The van der Waals surface area contributed by atoms with Crippen LogP contribution in [0.2, 0.25) is 0 Å². The van der Waals surface area contributed by atoms with Crippen LogP contribution >= 0.6 is 15.9 Å². The Hall–Kier alpha value is -2.86. The Kier molecular flexibility index (Phi) is 5.86. The van der Waals surface area contributed by atoms with Gasteiger partial charge >= 0.3 is 0 Å². The van der Waals surface area contributed by atoms with Gasteiger partial charge in [0.2, 0.25) is 0 Å². The Morgan fingerprint density at radius 1 is 1.08 bits per heavy atom. The maximum atomic E-state index is 11.8. The van der Waals surface area contributed by atoms with Crippen LogP contribution in [0.1, 0.15) is 11.3 Å². The molecule has 0 aliphatic rings. The van der Waals surface area contributed by atoms with Crippen LogP contribution in [0, 0.1) is 6.92 Å². The Labute approximate surface area is 160 Å². The van der Waals surface area contributed by atoms with Crippen LogP contribution < -0.4 is 10.7 Å². The molecule has 3 rings (SSSR count). The van der Waals surface area contributed by atoms with Crippen LogP contribution in [-0.2, 0) is 4.79 Å². The fourth-order valence-corrected chi connectivity index (χ4v) is 2.52. The highest BCUT2D eigenvalue weighted by Crippen LogP contribution is 2.23. The van der Waals surface area contributed by atoms with Crippen LogP contribution in [0.4, 0.5) is 5.69 Å². The predicted molar refractivity (Wildman–Crippen MR) is 107 cm³/mol. The third-order valence-electron chi connectivity index (χ3n) is 3.64. The van der Waals surface area contributed by atoms with Crippen molar-refractivity contribution in [3.63, 3.8) is 0 Å². The average molecular weight is 412 g/mol. The number of carbonyl (C=O) groups excluding carboxylic acids is 1. The summed E-state index contributed by atoms with van der Waals surface area (Å²) < 4.78 is 6.71. The number of benzene rings is 2. The van der Waals surface area contributed by atoms with Crippen molar-refractivity contribution in [2.24, 2.45) is 5.10 Å². The molecule has 1 aromatic heterocycles. The van der Waals surface area contributed by atoms with E-state index >= 15 is 0 Å². The summed E-state index contributed by atoms with van der Waals surface area (Å²) in [5, 5.41) is 6.96. The van der Waals surface area contributed by atoms with Crippen LogP contribution in [0.5, 0.6) is 0 Å². The first-order chi connectivity index (χ1) is 12.6. The SMILES string of the molecule is Cc1ccc(NCC(=O)N/N=C/c2ccc(-c3ccc(Br)cc3)o2)cc1. The number of rotatable bonds is 6. The molecule has 0 unspecified atom stereocenters. The van der Waals surface area contributed by atoms with E-state index in [4.69, 9.17) is 4.42 Å². The number of aryl methyl sites for hydroxylation is 1. The lowest BCUT2D eigenvalue weighted by atomic mass is 10.2. The molecule has 0 fully saturated rings. The summed E-state index contributed by atoms with van der Waals surface area (Å²) >= 11 is 3.40. The van der Waals surface area contributed by atoms with Gasteiger partial charge in [0, 0.05) is 15.7 Å². The van der Waals surface area contributed by atoms with Gasteiger partial charge in [-0.25, -0.2) is 5.43 Å². The van der Waals surface area contributed by atoms with Crippen molar-refractivity contribution < 1.29 is 9.21 Å². The molecule has 5 nitrogen and oxygen atoms in total. The minimum atomic E-state index is -0.235. The summed E-state index contributed by atoms with van der Waals surface area (Å²) in [5.41, 5.74) is 5.50. The molecule has 2 N–H and O–H groups in total. The van der Waals surface area contributed by atoms with Crippen LogP contribution in [0.25, 0.3) is 11.3 Å². The number of hydrogen-bond donors (Lipinski definition) is 2. The summed E-state index contributed by atoms with van der Waals surface area (Å²) in [5.74, 6) is 1.07. The molecule has 3 aromatic rings. The van der Waals surface area contributed by atoms with E-state index in [2.05, 4.69) is 31.8 Å². The quantitative estimate of drug-likeness (QED) is 0.460. The lowest BCUT2D eigenvalue weighted by Crippen LogP contribution is -2.25. The first kappa shape index (κ1) is 17.9. The molecular weight excluding hydrogens is 394 g/mol. The zero-order valence-corrected chi connectivity index (χ0v) is 15.8. The summed E-state index contributed by atoms with van der Waals surface area (Å²) in [7, 11) is 0. The maximum Gasteiger partial charge on any atom is 0.259 e. The first-order valence-electron chi connectivity index (χ1n) is 8.08. The molecule has 6 heteroatoms. The molecule has 1 amide bonds. The van der Waals surface area contributed by atoms with Gasteiger partial charge in [-0.3, -0.25) is 4.79 Å². The van der Waals surface area contributed by atoms with Gasteiger partial charge < -0.3 is 9.73 Å². The van der Waals surface area contributed by atoms with Gasteiger partial charge in [-0.15, -0.1) is 0 Å². The smallest absolute Gasteiger partial charge is 0.259 e. The minimum Gasteiger partial charge on any atom is -0.455 e. The lowest BCUT2D eigenvalue weighted by Gasteiger charge is -2.05. The number of hydrazone groups is 1. The molecule has 0 saturated carbocycles. The first-order valence-corrected chi connectivity index (χ1v) is 8.88. The summed E-state index contributed by atoms with van der Waals surface area (Å²) in [6.45, 7) is 2.16. The van der Waals surface area contributed by atoms with E-state index in [1.165, 1.54) is 11.8 Å². The third kappa shape index (κ3) is 5.07. The zero-order valence-electron chi connectivity index (χ0n) is 14.2. The number of amides is 1. The van der Waals surface area contributed by atoms with Gasteiger partial charge in [0.15, 0.2) is 0 Å². The van der Waals surface area contributed by atoms with Gasteiger partial charge in [-0.1, -0.05) is 45.8 Å². The highest BCUT2D eigenvalue weighted by Gasteiger charge is 2.04. The van der Waals surface area contributed by atoms with Crippen molar-refractivity contribution in [2.75, 3.05) is 11.9 Å². The van der Waals surface area contributed by atoms with E-state index in [0.29, 0.717) is 5.76 Å². The number of nitrogens with zero attached hydrogens (tertiary/aromatic N) is 1. The molecular formula is C20H18BrN3O2. The molecule has 0 radical (unpaired) electrons. The average Bonchev–Trinajstić information content (AvgIpc) is 3.11. The third-order valence-corrected chi connectivity index (χ3v) is 4.17. The molecule has 2 aromatic carbocycles. The van der Waals surface area contributed by atoms with Gasteiger partial charge in [-0.2, -0.15) is 5.10 Å². The molecule has 0 aliphatic heterocycles. The highest BCUT2D eigenvalue weighted by molar-refractivity contribution is 9.10. The Bertz CT molecular complexity index is 900. The largest absolute Gasteiger partial charge is 0.455 e. The summed E-state index contributed by atoms with van der Waals surface area (Å²) in [6, 6.07) is 19.3. The summed E-state index contributed by atoms with van der Waals surface area (Å²) in [6.07, 6.45) is 1.48. The van der Waals surface area contributed by atoms with Crippen molar-refractivity contribution >= 4 is 33.7 Å². The Morgan fingerprint density at radius 3 is 2.54 bits per heavy atom. The molecule has 0 spiro atoms. The van der Waals surface area contributed by atoms with E-state index in [0.717, 1.165) is 21.5 Å². The second-order valence-electron chi connectivity index (χ2n) is 5.72. The lowest BCUT2D eigenvalue weighted by molar-refractivity contribution is -0.119. The Morgan fingerprint density at radius 2 is 1.81 bits per heavy atom. The molecule has 0 saturated heterocycles. The van der Waals surface area contributed by atoms with E-state index in [-0.39, 0.29) is 12.5 Å². The fourth-order valence-electron chi connectivity index (χ4n) is 2.25. The number of carbonyl (C=O) groups is 1. The standard InChI is InChI=1S/C20H18BrN3O2/c1-14-2-8-17(9-3-14)22-13-20(25)24-23-12-18-10-11-19(26-18)15-4-6-16(21)7-5-15/h2-12,22H,13H2,1H3,(H,24,25)/b23-12+. The maximum absolute atomic E-state index is 11.8. The fraction of sp³-hybridized carbons (Fsp3) is 0.100. The molecule has 1 heterocycles. The monoisotopic (exact) mass is 411 g/mol. The van der Waals surface area contributed by atoms with Crippen molar-refractivity contribution in [3.8, 4) is 11.3 Å². The second kappa shape index (κ2) is 8.49. The molecule has 0 bridgehead atoms. The zero-order chi connectivity index (χ0) is 18.4. The number of anilines is 1. The van der Waals surface area contributed by atoms with E-state index in [1.54, 1.807) is 6.07 Å². The molecule has 0 atom stereocenters. The second-order valence-corrected chi connectivity index (χ2v) is 6.64. The molecule has 0 aliphatic carbocycles. The van der Waals surface area contributed by atoms with Crippen molar-refractivity contribution in [1.82, 2.24) is 5.43 Å². The number of nitrogens with one attached hydrogen (secondary N) is 2. The summed E-state index contributed by atoms with van der Waals surface area (Å²) in [4.78, 5) is 11.8. The Balaban J connectivity index is 1.49. The van der Waals surface area contributed by atoms with Crippen LogP contribution in [-0.4, -0.2) is 18.7 Å². The normalized spacial score (nSPS) is 10.8. The number of furan rings is 1. The van der Waals surface area contributed by atoms with Crippen molar-refractivity contribution in [2.45, 2.75) is 6.92 Å². The number of halogens is 1. The topological polar surface area (TPSA) is 66.6 Å². The molecule has 26 heavy (non-hydrogen) atoms. The molecule has 132 valence electrons. The van der Waals surface area contributed by atoms with E-state index in [9.17, 15) is 4.79 Å². The van der Waals surface area contributed by atoms with Crippen molar-refractivity contribution in [3.05, 3.63) is 76.5 Å². The van der Waals surface area contributed by atoms with Gasteiger partial charge in [0.25, 0.3) is 5.91 Å². The van der Waals surface area contributed by atoms with Gasteiger partial charge in [0.05, 0.1) is 12.8 Å². The van der Waals surface area contributed by atoms with Gasteiger partial charge in [0.1, 0.15) is 11.5 Å². The van der Waals surface area contributed by atoms with Crippen molar-refractivity contribution in [1.29, 1.82) is 0 Å². The number of hydrogen-bond acceptors (Lipinski definition) is 4.